The van der Waals surface area contributed by atoms with Crippen LogP contribution in [0.4, 0.5) is 55.6 Å². The molecule has 0 atom stereocenters. The minimum atomic E-state index is -0.258. The maximum absolute atomic E-state index is 14.2. The molecule has 0 aliphatic heterocycles. The molecule has 660 valence electrons. The molecule has 0 amide bonds. The number of aromatic nitrogens is 6. The highest BCUT2D eigenvalue weighted by Gasteiger charge is 2.26. The van der Waals surface area contributed by atoms with E-state index in [2.05, 4.69) is 510 Å². The largest absolute Gasteiger partial charge is 0.497 e. The summed E-state index contributed by atoms with van der Waals surface area (Å²) in [5.74, 6) is 0.572. The van der Waals surface area contributed by atoms with Gasteiger partial charge in [0.25, 0.3) is 0 Å². The van der Waals surface area contributed by atoms with Gasteiger partial charge in [0.15, 0.2) is 0 Å². The third-order valence-corrected chi connectivity index (χ3v) is 27.3. The minimum absolute atomic E-state index is 0.258. The van der Waals surface area contributed by atoms with Gasteiger partial charge in [-0.25, -0.2) is 4.39 Å². The Labute approximate surface area is 802 Å². The molecule has 0 saturated heterocycles. The fraction of sp³-hybridized carbons (Fsp3) is 0.0156. The van der Waals surface area contributed by atoms with E-state index in [1.54, 1.807) is 7.11 Å². The first-order valence-corrected chi connectivity index (χ1v) is 47.2. The van der Waals surface area contributed by atoms with Crippen LogP contribution in [0.25, 0.3) is 165 Å². The Hall–Kier alpha value is -18.5. The fourth-order valence-corrected chi connectivity index (χ4v) is 21.1. The number of hydrogen-bond acceptors (Lipinski definition) is 4. The Kier molecular flexibility index (Phi) is 20.7. The number of nitrogens with zero attached hydrogens (tertiary/aromatic N) is 9. The van der Waals surface area contributed by atoms with Gasteiger partial charge in [-0.1, -0.05) is 236 Å². The van der Waals surface area contributed by atoms with Crippen LogP contribution in [0.5, 0.6) is 5.75 Å². The van der Waals surface area contributed by atoms with Crippen LogP contribution in [0.1, 0.15) is 5.56 Å². The van der Waals surface area contributed by atoms with Crippen LogP contribution in [0.15, 0.2) is 510 Å². The molecule has 0 aliphatic rings. The third-order valence-electron chi connectivity index (χ3n) is 27.3. The van der Waals surface area contributed by atoms with Crippen LogP contribution in [-0.4, -0.2) is 34.5 Å². The molecule has 6 aromatic heterocycles. The molecule has 0 unspecified atom stereocenters. The minimum Gasteiger partial charge on any atom is -0.497 e. The standard InChI is InChI=1S/C43H31N3O.C43H31N3.C42H28FN3/c1-47-35-24-20-32(21-25-35)44(33-22-26-42-38(28-33)36-16-8-10-18-40(36)45(42)30-12-4-2-5-13-30)34-23-27-43-39(29-34)37-17-9-11-19-41(37)46(43)31-14-6-3-7-15-31;1-30-20-22-33(23-21-30)44(34-24-26-42-38(28-34)36-16-8-10-18-40(36)45(42)31-12-4-2-5-13-31)35-25-27-43-39(29-35)37-17-9-11-19-41(37)46(43)32-14-6-3-7-15-32;43-29-19-21-32(22-20-29)44(33-23-25-41-37(27-33)35-15-7-9-17-39(35)45(41)30-11-3-1-4-12-30)34-24-26-42-38(28-34)36-16-8-10-18-40(36)46(42)31-13-5-2-6-14-31/h2-29H,1H3;2-29H,1H3;1-28H. The first-order valence-electron chi connectivity index (χ1n) is 47.2. The number of halogens is 1. The fourth-order valence-electron chi connectivity index (χ4n) is 21.1. The van der Waals surface area contributed by atoms with Crippen molar-refractivity contribution in [1.29, 1.82) is 0 Å². The van der Waals surface area contributed by atoms with Gasteiger partial charge in [0.1, 0.15) is 11.6 Å². The average Bonchev–Trinajstić information content (AvgIpc) is 1.63. The van der Waals surface area contributed by atoms with Gasteiger partial charge < -0.3 is 46.8 Å². The van der Waals surface area contributed by atoms with Crippen molar-refractivity contribution >= 4 is 182 Å². The lowest BCUT2D eigenvalue weighted by Crippen LogP contribution is -2.10. The summed E-state index contributed by atoms with van der Waals surface area (Å²) in [4.78, 5) is 6.96. The third kappa shape index (κ3) is 14.5. The zero-order valence-corrected chi connectivity index (χ0v) is 76.3. The highest BCUT2D eigenvalue weighted by Crippen LogP contribution is 2.49. The van der Waals surface area contributed by atoms with E-state index in [0.29, 0.717) is 0 Å². The maximum Gasteiger partial charge on any atom is 0.123 e. The van der Waals surface area contributed by atoms with Crippen LogP contribution in [-0.2, 0) is 0 Å². The second kappa shape index (κ2) is 34.9. The Morgan fingerprint density at radius 3 is 0.532 bits per heavy atom. The van der Waals surface area contributed by atoms with E-state index in [0.717, 1.165) is 124 Å². The molecule has 11 heteroatoms. The summed E-state index contributed by atoms with van der Waals surface area (Å²) in [7, 11) is 1.71. The first-order chi connectivity index (χ1) is 68.8. The molecule has 27 rings (SSSR count). The smallest absolute Gasteiger partial charge is 0.123 e. The van der Waals surface area contributed by atoms with E-state index in [4.69, 9.17) is 4.74 Å². The van der Waals surface area contributed by atoms with Crippen molar-refractivity contribution in [1.82, 2.24) is 27.4 Å². The normalized spacial score (nSPS) is 11.6. The van der Waals surface area contributed by atoms with E-state index in [1.165, 1.54) is 116 Å². The topological polar surface area (TPSA) is 48.5 Å². The maximum atomic E-state index is 14.2. The molecule has 21 aromatic carbocycles. The van der Waals surface area contributed by atoms with Gasteiger partial charge in [-0.2, -0.15) is 0 Å². The molecule has 6 heterocycles. The monoisotopic (exact) mass is 1790 g/mol. The quantitative estimate of drug-likeness (QED) is 0.0967. The molecule has 0 aliphatic carbocycles. The Balaban J connectivity index is 0.000000110. The van der Waals surface area contributed by atoms with Gasteiger partial charge in [0.2, 0.25) is 0 Å². The van der Waals surface area contributed by atoms with Crippen molar-refractivity contribution in [2.24, 2.45) is 0 Å². The summed E-state index contributed by atoms with van der Waals surface area (Å²) < 4.78 is 33.9. The zero-order chi connectivity index (χ0) is 92.5. The Bertz CT molecular complexity index is 8480. The second-order valence-electron chi connectivity index (χ2n) is 35.4. The molecule has 0 fully saturated rings. The van der Waals surface area contributed by atoms with E-state index in [1.807, 2.05) is 36.4 Å². The SMILES string of the molecule is COc1ccc(N(c2ccc3c(c2)c2ccccc2n3-c2ccccc2)c2ccc3c(c2)c2ccccc2n3-c2ccccc2)cc1.Cc1ccc(N(c2ccc3c(c2)c2ccccc2n3-c2ccccc2)c2ccc3c(c2)c2ccccc2n3-c2ccccc2)cc1.Fc1ccc(N(c2ccc3c(c2)c2ccccc2n3-c2ccccc2)c2ccc3c(c2)c2ccccc2n3-c2ccccc2)cc1. The van der Waals surface area contributed by atoms with E-state index >= 15 is 0 Å². The number of benzene rings is 21. The summed E-state index contributed by atoms with van der Waals surface area (Å²) in [5, 5.41) is 14.5. The summed E-state index contributed by atoms with van der Waals surface area (Å²) >= 11 is 0. The predicted octanol–water partition coefficient (Wildman–Crippen LogP) is 34.5. The number of fused-ring (bicyclic) bond motifs is 18. The molecule has 139 heavy (non-hydrogen) atoms. The molecular formula is C128H90FN9O. The summed E-state index contributed by atoms with van der Waals surface area (Å²) in [6.07, 6.45) is 0. The van der Waals surface area contributed by atoms with Gasteiger partial charge in [-0.15, -0.1) is 0 Å². The molecule has 27 aromatic rings. The second-order valence-corrected chi connectivity index (χ2v) is 35.4. The van der Waals surface area contributed by atoms with Crippen molar-refractivity contribution in [2.45, 2.75) is 6.92 Å². The number of aryl methyl sites for hydroxylation is 1. The van der Waals surface area contributed by atoms with Crippen molar-refractivity contribution in [3.63, 3.8) is 0 Å². The van der Waals surface area contributed by atoms with Gasteiger partial charge >= 0.3 is 0 Å². The molecule has 0 radical (unpaired) electrons. The number of methoxy groups -OCH3 is 1. The number of ether oxygens (including phenoxy) is 1. The highest BCUT2D eigenvalue weighted by molar-refractivity contribution is 6.17. The van der Waals surface area contributed by atoms with Crippen molar-refractivity contribution in [2.75, 3.05) is 21.8 Å². The molecule has 0 saturated carbocycles. The van der Waals surface area contributed by atoms with Crippen LogP contribution >= 0.6 is 0 Å². The first kappa shape index (κ1) is 82.5. The van der Waals surface area contributed by atoms with Crippen LogP contribution in [0.2, 0.25) is 0 Å². The average molecular weight is 1790 g/mol. The lowest BCUT2D eigenvalue weighted by atomic mass is 10.1. The van der Waals surface area contributed by atoms with Gasteiger partial charge in [0, 0.05) is 150 Å². The predicted molar refractivity (Wildman–Crippen MR) is 581 cm³/mol. The molecular weight excluding hydrogens is 1700 g/mol. The van der Waals surface area contributed by atoms with Gasteiger partial charge in [-0.3, -0.25) is 0 Å². The highest BCUT2D eigenvalue weighted by atomic mass is 19.1. The van der Waals surface area contributed by atoms with Crippen LogP contribution in [0, 0.1) is 12.7 Å². The van der Waals surface area contributed by atoms with Gasteiger partial charge in [0.05, 0.1) is 73.3 Å². The zero-order valence-electron chi connectivity index (χ0n) is 76.3. The molecule has 0 bridgehead atoms. The Morgan fingerprint density at radius 2 is 0.331 bits per heavy atom. The van der Waals surface area contributed by atoms with E-state index in [9.17, 15) is 4.39 Å². The van der Waals surface area contributed by atoms with E-state index < -0.39 is 0 Å². The lowest BCUT2D eigenvalue weighted by Gasteiger charge is -2.26. The van der Waals surface area contributed by atoms with Crippen molar-refractivity contribution in [3.8, 4) is 39.9 Å². The molecule has 0 N–H and O–H groups in total. The number of rotatable bonds is 16. The molecule has 0 spiro atoms. The van der Waals surface area contributed by atoms with Crippen molar-refractivity contribution < 1.29 is 9.13 Å². The van der Waals surface area contributed by atoms with Crippen molar-refractivity contribution in [3.05, 3.63) is 521 Å². The lowest BCUT2D eigenvalue weighted by molar-refractivity contribution is 0.415. The summed E-state index contributed by atoms with van der Waals surface area (Å²) in [5.41, 5.74) is 31.7. The number of hydrogen-bond donors (Lipinski definition) is 0. The summed E-state index contributed by atoms with van der Waals surface area (Å²) in [6, 6.07) is 180. The van der Waals surface area contributed by atoms with Crippen LogP contribution in [0.3, 0.4) is 0 Å². The van der Waals surface area contributed by atoms with Gasteiger partial charge in [-0.05, 0) is 286 Å². The number of anilines is 9. The number of para-hydroxylation sites is 12. The Morgan fingerprint density at radius 1 is 0.165 bits per heavy atom. The van der Waals surface area contributed by atoms with Crippen LogP contribution < -0.4 is 19.4 Å². The van der Waals surface area contributed by atoms with E-state index in [-0.39, 0.29) is 5.82 Å². The summed E-state index contributed by atoms with van der Waals surface area (Å²) in [6.45, 7) is 2.14. The molecule has 10 nitrogen and oxygen atoms in total.